The Morgan fingerprint density at radius 1 is 1.23 bits per heavy atom. The third kappa shape index (κ3) is 4.15. The van der Waals surface area contributed by atoms with Crippen LogP contribution in [0.3, 0.4) is 0 Å². The predicted molar refractivity (Wildman–Crippen MR) is 48.8 cm³/mol. The van der Waals surface area contributed by atoms with Gasteiger partial charge in [0.1, 0.15) is 0 Å². The highest BCUT2D eigenvalue weighted by molar-refractivity contribution is 5.63. The molecule has 0 bridgehead atoms. The number of benzene rings is 1. The van der Waals surface area contributed by atoms with Gasteiger partial charge < -0.3 is 5.32 Å². The van der Waals surface area contributed by atoms with E-state index in [-0.39, 0.29) is 0 Å². The number of hydrogen-bond donors (Lipinski definition) is 1. The van der Waals surface area contributed by atoms with Crippen LogP contribution in [0.1, 0.15) is 12.0 Å². The molecule has 1 amide bonds. The molecule has 1 N–H and O–H groups in total. The average Bonchev–Trinajstić information content (AvgIpc) is 2.14. The van der Waals surface area contributed by atoms with Gasteiger partial charge in [0, 0.05) is 6.54 Å². The first-order valence-corrected chi connectivity index (χ1v) is 4.28. The fraction of sp³-hybridized carbons (Fsp3) is 0.300. The monoisotopic (exact) mass is 178 g/mol. The van der Waals surface area contributed by atoms with Crippen LogP contribution in [0.15, 0.2) is 30.3 Å². The van der Waals surface area contributed by atoms with Crippen molar-refractivity contribution in [2.75, 3.05) is 6.54 Å². The van der Waals surface area contributed by atoms with E-state index in [1.54, 1.807) is 0 Å². The van der Waals surface area contributed by atoms with Gasteiger partial charge >= 0.3 is 6.09 Å². The van der Waals surface area contributed by atoms with E-state index < -0.39 is 6.09 Å². The molecule has 0 aliphatic carbocycles. The van der Waals surface area contributed by atoms with Crippen LogP contribution in [0.2, 0.25) is 0 Å². The van der Waals surface area contributed by atoms with Gasteiger partial charge in [-0.25, -0.2) is 9.90 Å². The van der Waals surface area contributed by atoms with Crippen molar-refractivity contribution in [3.63, 3.8) is 0 Å². The molecule has 1 rings (SSSR count). The normalized spacial score (nSPS) is 9.54. The number of nitrogens with one attached hydrogen (secondary N) is 1. The van der Waals surface area contributed by atoms with Gasteiger partial charge in [0.25, 0.3) is 0 Å². The molecule has 0 saturated heterocycles. The van der Waals surface area contributed by atoms with Crippen LogP contribution in [0.4, 0.5) is 4.79 Å². The summed E-state index contributed by atoms with van der Waals surface area (Å²) < 4.78 is 0. The molecule has 69 valence electrons. The average molecular weight is 178 g/mol. The minimum absolute atomic E-state index is 0.456. The first kappa shape index (κ1) is 9.58. The molecule has 0 aromatic heterocycles. The summed E-state index contributed by atoms with van der Waals surface area (Å²) in [7, 11) is 0. The molecule has 1 aromatic rings. The molecular weight excluding hydrogens is 166 g/mol. The summed E-state index contributed by atoms with van der Waals surface area (Å²) in [6.45, 7) is 0.456. The van der Waals surface area contributed by atoms with E-state index in [2.05, 4.69) is 5.32 Å². The zero-order chi connectivity index (χ0) is 9.52. The van der Waals surface area contributed by atoms with Crippen LogP contribution < -0.4 is 5.32 Å². The maximum absolute atomic E-state index is 9.99. The lowest BCUT2D eigenvalue weighted by Crippen LogP contribution is -2.21. The molecule has 0 spiro atoms. The van der Waals surface area contributed by atoms with Crippen LogP contribution in [0.25, 0.3) is 0 Å². The quantitative estimate of drug-likeness (QED) is 0.701. The highest BCUT2D eigenvalue weighted by Gasteiger charge is 1.96. The third-order valence-corrected chi connectivity index (χ3v) is 1.75. The highest BCUT2D eigenvalue weighted by Crippen LogP contribution is 2.01. The highest BCUT2D eigenvalue weighted by atomic mass is 16.4. The number of amides is 1. The summed E-state index contributed by atoms with van der Waals surface area (Å²) in [5.74, 6) is 0. The van der Waals surface area contributed by atoms with Gasteiger partial charge in [-0.3, -0.25) is 0 Å². The summed E-state index contributed by atoms with van der Waals surface area (Å²) >= 11 is 0. The number of carbonyl (C=O) groups excluding carboxylic acids is 1. The molecule has 3 nitrogen and oxygen atoms in total. The van der Waals surface area contributed by atoms with Crippen LogP contribution in [0.5, 0.6) is 0 Å². The third-order valence-electron chi connectivity index (χ3n) is 1.75. The summed E-state index contributed by atoms with van der Waals surface area (Å²) in [5.41, 5.74) is 1.22. The largest absolute Gasteiger partial charge is 0.450 e. The van der Waals surface area contributed by atoms with Crippen molar-refractivity contribution in [1.29, 1.82) is 0 Å². The number of hydrogen-bond acceptors (Lipinski definition) is 1. The Kier molecular flexibility index (Phi) is 3.82. The molecule has 0 aliphatic rings. The summed E-state index contributed by atoms with van der Waals surface area (Å²) in [4.78, 5) is 9.99. The fourth-order valence-electron chi connectivity index (χ4n) is 1.13. The van der Waals surface area contributed by atoms with Crippen molar-refractivity contribution in [2.24, 2.45) is 0 Å². The number of aryl methyl sites for hydroxylation is 1. The second kappa shape index (κ2) is 5.19. The van der Waals surface area contributed by atoms with Gasteiger partial charge in [-0.2, -0.15) is 0 Å². The SMILES string of the molecule is [O]C(=O)NCCCc1ccccc1. The van der Waals surface area contributed by atoms with Crippen molar-refractivity contribution >= 4 is 6.09 Å². The Balaban J connectivity index is 2.17. The summed E-state index contributed by atoms with van der Waals surface area (Å²) in [6.07, 6.45) is 0.493. The Morgan fingerprint density at radius 3 is 2.54 bits per heavy atom. The maximum atomic E-state index is 9.99. The van der Waals surface area contributed by atoms with Crippen molar-refractivity contribution in [1.82, 2.24) is 5.32 Å². The van der Waals surface area contributed by atoms with Crippen LogP contribution >= 0.6 is 0 Å². The second-order valence-electron chi connectivity index (χ2n) is 2.80. The van der Waals surface area contributed by atoms with Gasteiger partial charge in [-0.1, -0.05) is 30.3 Å². The van der Waals surface area contributed by atoms with E-state index >= 15 is 0 Å². The Hall–Kier alpha value is -1.51. The van der Waals surface area contributed by atoms with Crippen LogP contribution in [-0.2, 0) is 11.5 Å². The van der Waals surface area contributed by atoms with Crippen molar-refractivity contribution in [2.45, 2.75) is 12.8 Å². The fourth-order valence-corrected chi connectivity index (χ4v) is 1.13. The minimum Gasteiger partial charge on any atom is -0.318 e. The van der Waals surface area contributed by atoms with Crippen molar-refractivity contribution in [3.8, 4) is 0 Å². The standard InChI is InChI=1S/C10H12NO2/c12-10(13)11-8-4-7-9-5-2-1-3-6-9/h1-3,5-6,11H,4,7-8H2. The zero-order valence-corrected chi connectivity index (χ0v) is 7.32. The lowest BCUT2D eigenvalue weighted by atomic mass is 10.1. The predicted octanol–water partition coefficient (Wildman–Crippen LogP) is 1.76. The summed E-state index contributed by atoms with van der Waals surface area (Å²) in [5, 5.41) is 12.2. The molecule has 0 atom stereocenters. The van der Waals surface area contributed by atoms with Gasteiger partial charge in [-0.15, -0.1) is 0 Å². The molecular formula is C10H12NO2. The molecule has 1 aromatic carbocycles. The maximum Gasteiger partial charge on any atom is 0.450 e. The van der Waals surface area contributed by atoms with E-state index in [0.29, 0.717) is 6.54 Å². The number of rotatable bonds is 4. The van der Waals surface area contributed by atoms with E-state index in [0.717, 1.165) is 12.8 Å². The zero-order valence-electron chi connectivity index (χ0n) is 7.32. The Morgan fingerprint density at radius 2 is 1.92 bits per heavy atom. The first-order valence-electron chi connectivity index (χ1n) is 4.28. The van der Waals surface area contributed by atoms with Gasteiger partial charge in [0.2, 0.25) is 0 Å². The minimum atomic E-state index is -1.20. The van der Waals surface area contributed by atoms with Gasteiger partial charge in [0.05, 0.1) is 0 Å². The molecule has 1 radical (unpaired) electrons. The molecule has 0 heterocycles. The van der Waals surface area contributed by atoms with E-state index in [1.807, 2.05) is 30.3 Å². The molecule has 0 saturated carbocycles. The lowest BCUT2D eigenvalue weighted by Gasteiger charge is -2.00. The smallest absolute Gasteiger partial charge is 0.318 e. The molecule has 0 fully saturated rings. The molecule has 3 heteroatoms. The molecule has 0 aliphatic heterocycles. The van der Waals surface area contributed by atoms with E-state index in [4.69, 9.17) is 0 Å². The second-order valence-corrected chi connectivity index (χ2v) is 2.80. The molecule has 0 unspecified atom stereocenters. The van der Waals surface area contributed by atoms with Gasteiger partial charge in [-0.05, 0) is 18.4 Å². The molecule has 13 heavy (non-hydrogen) atoms. The van der Waals surface area contributed by atoms with E-state index in [9.17, 15) is 9.90 Å². The summed E-state index contributed by atoms with van der Waals surface area (Å²) in [6, 6.07) is 9.96. The van der Waals surface area contributed by atoms with Crippen LogP contribution in [-0.4, -0.2) is 12.6 Å². The van der Waals surface area contributed by atoms with Crippen molar-refractivity contribution < 1.29 is 9.90 Å². The topological polar surface area (TPSA) is 49.0 Å². The Labute approximate surface area is 77.4 Å². The first-order chi connectivity index (χ1) is 6.29. The number of carbonyl (C=O) groups is 1. The lowest BCUT2D eigenvalue weighted by molar-refractivity contribution is 0.168. The van der Waals surface area contributed by atoms with Crippen molar-refractivity contribution in [3.05, 3.63) is 35.9 Å². The van der Waals surface area contributed by atoms with Gasteiger partial charge in [0.15, 0.2) is 0 Å². The van der Waals surface area contributed by atoms with Crippen LogP contribution in [0, 0.1) is 0 Å². The van der Waals surface area contributed by atoms with E-state index in [1.165, 1.54) is 5.56 Å². The Bertz CT molecular complexity index is 259.